The summed E-state index contributed by atoms with van der Waals surface area (Å²) < 4.78 is 5.28. The second kappa shape index (κ2) is 5.28. The van der Waals surface area contributed by atoms with E-state index in [1.165, 1.54) is 11.1 Å². The molecule has 0 fully saturated rings. The monoisotopic (exact) mass is 255 g/mol. The lowest BCUT2D eigenvalue weighted by molar-refractivity contribution is 0.374. The fraction of sp³-hybridized carbons (Fsp3) is 0.571. The summed E-state index contributed by atoms with van der Waals surface area (Å²) in [5, 5.41) is 3.58. The molecular formula is C14H22ClNO. The van der Waals surface area contributed by atoms with Gasteiger partial charge in [-0.05, 0) is 36.2 Å². The largest absolute Gasteiger partial charge is 0.497 e. The first kappa shape index (κ1) is 14.3. The van der Waals surface area contributed by atoms with Crippen LogP contribution in [0.15, 0.2) is 18.2 Å². The van der Waals surface area contributed by atoms with E-state index < -0.39 is 0 Å². The fourth-order valence-electron chi connectivity index (χ4n) is 2.73. The first-order valence-corrected chi connectivity index (χ1v) is 6.00. The predicted octanol–water partition coefficient (Wildman–Crippen LogP) is 2.93. The van der Waals surface area contributed by atoms with E-state index in [2.05, 4.69) is 44.3 Å². The molecule has 0 bridgehead atoms. The third-order valence-electron chi connectivity index (χ3n) is 3.75. The van der Waals surface area contributed by atoms with E-state index >= 15 is 0 Å². The summed E-state index contributed by atoms with van der Waals surface area (Å²) >= 11 is 0. The molecule has 1 aliphatic rings. The van der Waals surface area contributed by atoms with Crippen LogP contribution >= 0.6 is 12.4 Å². The highest BCUT2D eigenvalue weighted by Gasteiger charge is 2.38. The molecule has 17 heavy (non-hydrogen) atoms. The molecule has 1 N–H and O–H groups in total. The quantitative estimate of drug-likeness (QED) is 0.897. The summed E-state index contributed by atoms with van der Waals surface area (Å²) in [4.78, 5) is 0. The number of likely N-dealkylation sites (N-methyl/N-ethyl adjacent to an activating group) is 1. The number of rotatable bonds is 3. The molecule has 1 aromatic carbocycles. The molecule has 1 atom stereocenters. The van der Waals surface area contributed by atoms with Crippen molar-refractivity contribution in [2.75, 3.05) is 13.7 Å². The van der Waals surface area contributed by atoms with Crippen molar-refractivity contribution >= 4 is 12.4 Å². The van der Waals surface area contributed by atoms with Gasteiger partial charge in [-0.1, -0.05) is 26.8 Å². The van der Waals surface area contributed by atoms with Gasteiger partial charge in [-0.15, -0.1) is 12.4 Å². The van der Waals surface area contributed by atoms with Crippen LogP contribution in [-0.4, -0.2) is 19.7 Å². The smallest absolute Gasteiger partial charge is 0.119 e. The maximum atomic E-state index is 5.28. The average Bonchev–Trinajstić information content (AvgIpc) is 2.51. The van der Waals surface area contributed by atoms with Crippen LogP contribution in [0.2, 0.25) is 0 Å². The molecule has 96 valence electrons. The number of ether oxygens (including phenoxy) is 1. The molecule has 3 heteroatoms. The second-order valence-electron chi connectivity index (χ2n) is 5.06. The zero-order valence-electron chi connectivity index (χ0n) is 11.0. The molecule has 0 aromatic heterocycles. The van der Waals surface area contributed by atoms with Gasteiger partial charge in [0.15, 0.2) is 0 Å². The molecule has 0 saturated heterocycles. The summed E-state index contributed by atoms with van der Waals surface area (Å²) in [6, 6.07) is 6.99. The standard InChI is InChI=1S/C14H21NO.ClH/c1-5-15-13-9-10-8-11(16-4)6-7-12(10)14(13,2)3;/h6-8,13,15H,5,9H2,1-4H3;1H. The molecule has 0 aliphatic heterocycles. The van der Waals surface area contributed by atoms with Gasteiger partial charge in [-0.3, -0.25) is 0 Å². The number of nitrogens with one attached hydrogen (secondary N) is 1. The van der Waals surface area contributed by atoms with Crippen LogP contribution in [-0.2, 0) is 11.8 Å². The van der Waals surface area contributed by atoms with Crippen LogP contribution < -0.4 is 10.1 Å². The Morgan fingerprint density at radius 1 is 1.41 bits per heavy atom. The van der Waals surface area contributed by atoms with Crippen molar-refractivity contribution in [2.24, 2.45) is 0 Å². The number of benzene rings is 1. The molecule has 2 nitrogen and oxygen atoms in total. The summed E-state index contributed by atoms with van der Waals surface area (Å²) in [5.74, 6) is 0.965. The minimum absolute atomic E-state index is 0. The third kappa shape index (κ3) is 2.43. The number of hydrogen-bond acceptors (Lipinski definition) is 2. The molecule has 0 saturated carbocycles. The lowest BCUT2D eigenvalue weighted by Crippen LogP contribution is -2.41. The Labute approximate surface area is 110 Å². The molecule has 0 radical (unpaired) electrons. The summed E-state index contributed by atoms with van der Waals surface area (Å²) in [6.45, 7) is 7.83. The van der Waals surface area contributed by atoms with E-state index in [4.69, 9.17) is 4.74 Å². The molecule has 1 aromatic rings. The Balaban J connectivity index is 0.00000144. The van der Waals surface area contributed by atoms with Gasteiger partial charge in [-0.25, -0.2) is 0 Å². The molecule has 0 spiro atoms. The maximum absolute atomic E-state index is 5.28. The van der Waals surface area contributed by atoms with E-state index in [0.29, 0.717) is 6.04 Å². The van der Waals surface area contributed by atoms with Crippen molar-refractivity contribution in [2.45, 2.75) is 38.6 Å². The van der Waals surface area contributed by atoms with Gasteiger partial charge >= 0.3 is 0 Å². The van der Waals surface area contributed by atoms with Gasteiger partial charge < -0.3 is 10.1 Å². The Morgan fingerprint density at radius 2 is 2.12 bits per heavy atom. The van der Waals surface area contributed by atoms with Crippen LogP contribution in [0.1, 0.15) is 31.9 Å². The molecule has 1 aliphatic carbocycles. The summed E-state index contributed by atoms with van der Waals surface area (Å²) in [6.07, 6.45) is 1.10. The van der Waals surface area contributed by atoms with Crippen molar-refractivity contribution in [1.29, 1.82) is 0 Å². The van der Waals surface area contributed by atoms with Crippen LogP contribution in [0, 0.1) is 0 Å². The van der Waals surface area contributed by atoms with E-state index in [1.54, 1.807) is 7.11 Å². The minimum Gasteiger partial charge on any atom is -0.497 e. The van der Waals surface area contributed by atoms with Gasteiger partial charge in [0, 0.05) is 11.5 Å². The maximum Gasteiger partial charge on any atom is 0.119 e. The number of hydrogen-bond donors (Lipinski definition) is 1. The van der Waals surface area contributed by atoms with Gasteiger partial charge in [0.25, 0.3) is 0 Å². The highest BCUT2D eigenvalue weighted by molar-refractivity contribution is 5.85. The van der Waals surface area contributed by atoms with Gasteiger partial charge in [-0.2, -0.15) is 0 Å². The highest BCUT2D eigenvalue weighted by atomic mass is 35.5. The van der Waals surface area contributed by atoms with E-state index in [1.807, 2.05) is 0 Å². The van der Waals surface area contributed by atoms with Crippen LogP contribution in [0.3, 0.4) is 0 Å². The normalized spacial score (nSPS) is 20.6. The first-order valence-electron chi connectivity index (χ1n) is 6.00. The fourth-order valence-corrected chi connectivity index (χ4v) is 2.73. The Hall–Kier alpha value is -0.730. The van der Waals surface area contributed by atoms with Gasteiger partial charge in [0.1, 0.15) is 5.75 Å². The van der Waals surface area contributed by atoms with Crippen LogP contribution in [0.4, 0.5) is 0 Å². The lowest BCUT2D eigenvalue weighted by atomic mass is 9.83. The zero-order valence-corrected chi connectivity index (χ0v) is 11.9. The van der Waals surface area contributed by atoms with Gasteiger partial charge in [0.05, 0.1) is 7.11 Å². The average molecular weight is 256 g/mol. The van der Waals surface area contributed by atoms with Crippen LogP contribution in [0.25, 0.3) is 0 Å². The van der Waals surface area contributed by atoms with E-state index in [-0.39, 0.29) is 17.8 Å². The van der Waals surface area contributed by atoms with Crippen molar-refractivity contribution in [1.82, 2.24) is 5.32 Å². The molecule has 1 unspecified atom stereocenters. The zero-order chi connectivity index (χ0) is 11.8. The first-order chi connectivity index (χ1) is 7.59. The number of methoxy groups -OCH3 is 1. The molecule has 0 heterocycles. The van der Waals surface area contributed by atoms with Gasteiger partial charge in [0.2, 0.25) is 0 Å². The summed E-state index contributed by atoms with van der Waals surface area (Å²) in [5.41, 5.74) is 3.10. The number of fused-ring (bicyclic) bond motifs is 1. The molecule has 0 amide bonds. The minimum atomic E-state index is 0. The molecular weight excluding hydrogens is 234 g/mol. The SMILES string of the molecule is CCNC1Cc2cc(OC)ccc2C1(C)C.Cl. The number of halogens is 1. The van der Waals surface area contributed by atoms with Crippen molar-refractivity contribution in [3.8, 4) is 5.75 Å². The Kier molecular flexibility index (Phi) is 4.45. The Bertz CT molecular complexity index is 390. The van der Waals surface area contributed by atoms with Crippen molar-refractivity contribution in [3.63, 3.8) is 0 Å². The van der Waals surface area contributed by atoms with Crippen LogP contribution in [0.5, 0.6) is 5.75 Å². The van der Waals surface area contributed by atoms with Crippen molar-refractivity contribution in [3.05, 3.63) is 29.3 Å². The predicted molar refractivity (Wildman–Crippen MR) is 74.4 cm³/mol. The lowest BCUT2D eigenvalue weighted by Gasteiger charge is -2.28. The van der Waals surface area contributed by atoms with Crippen molar-refractivity contribution < 1.29 is 4.74 Å². The van der Waals surface area contributed by atoms with E-state index in [9.17, 15) is 0 Å². The third-order valence-corrected chi connectivity index (χ3v) is 3.75. The topological polar surface area (TPSA) is 21.3 Å². The summed E-state index contributed by atoms with van der Waals surface area (Å²) in [7, 11) is 1.73. The van der Waals surface area contributed by atoms with E-state index in [0.717, 1.165) is 18.7 Å². The highest BCUT2D eigenvalue weighted by Crippen LogP contribution is 2.39. The second-order valence-corrected chi connectivity index (χ2v) is 5.06. The Morgan fingerprint density at radius 3 is 2.71 bits per heavy atom. The molecule has 2 rings (SSSR count).